The van der Waals surface area contributed by atoms with Crippen molar-refractivity contribution in [3.05, 3.63) is 35.9 Å². The van der Waals surface area contributed by atoms with Gasteiger partial charge in [0.1, 0.15) is 12.6 Å². The number of ether oxygens (including phenoxy) is 1. The first-order chi connectivity index (χ1) is 11.4. The second kappa shape index (κ2) is 10.6. The third kappa shape index (κ3) is 7.94. The van der Waals surface area contributed by atoms with E-state index in [9.17, 15) is 14.7 Å². The molecule has 0 bridgehead atoms. The molecule has 7 nitrogen and oxygen atoms in total. The molecule has 0 fully saturated rings. The zero-order chi connectivity index (χ0) is 17.9. The number of benzene rings is 1. The average Bonchev–Trinajstić information content (AvgIpc) is 2.57. The molecule has 2 atom stereocenters. The van der Waals surface area contributed by atoms with Crippen molar-refractivity contribution in [2.75, 3.05) is 13.1 Å². The van der Waals surface area contributed by atoms with E-state index in [2.05, 4.69) is 10.6 Å². The van der Waals surface area contributed by atoms with Gasteiger partial charge in [-0.05, 0) is 17.9 Å². The fraction of sp³-hybridized carbons (Fsp3) is 0.529. The maximum atomic E-state index is 12.2. The van der Waals surface area contributed by atoms with Gasteiger partial charge >= 0.3 is 6.09 Å². The van der Waals surface area contributed by atoms with E-state index < -0.39 is 18.2 Å². The molecule has 0 aromatic heterocycles. The minimum Gasteiger partial charge on any atom is -0.445 e. The van der Waals surface area contributed by atoms with E-state index in [-0.39, 0.29) is 31.5 Å². The first kappa shape index (κ1) is 19.9. The second-order valence-electron chi connectivity index (χ2n) is 6.02. The monoisotopic (exact) mass is 337 g/mol. The van der Waals surface area contributed by atoms with Gasteiger partial charge in [-0.1, -0.05) is 44.2 Å². The van der Waals surface area contributed by atoms with Crippen molar-refractivity contribution >= 4 is 12.0 Å². The summed E-state index contributed by atoms with van der Waals surface area (Å²) in [6.45, 7) is 4.14. The smallest absolute Gasteiger partial charge is 0.408 e. The lowest BCUT2D eigenvalue weighted by Crippen LogP contribution is -2.49. The third-order valence-electron chi connectivity index (χ3n) is 3.31. The van der Waals surface area contributed by atoms with Gasteiger partial charge in [-0.2, -0.15) is 0 Å². The molecule has 0 aliphatic heterocycles. The van der Waals surface area contributed by atoms with Gasteiger partial charge in [-0.15, -0.1) is 0 Å². The first-order valence-electron chi connectivity index (χ1n) is 8.05. The minimum absolute atomic E-state index is 0.0463. The number of rotatable bonds is 9. The Morgan fingerprint density at radius 1 is 1.25 bits per heavy atom. The fourth-order valence-electron chi connectivity index (χ4n) is 2.03. The van der Waals surface area contributed by atoms with Crippen molar-refractivity contribution in [3.63, 3.8) is 0 Å². The molecule has 0 heterocycles. The summed E-state index contributed by atoms with van der Waals surface area (Å²) in [5.74, 6) is -0.164. The van der Waals surface area contributed by atoms with Crippen molar-refractivity contribution < 1.29 is 19.4 Å². The Morgan fingerprint density at radius 2 is 1.92 bits per heavy atom. The molecule has 0 saturated carbocycles. The van der Waals surface area contributed by atoms with Crippen molar-refractivity contribution in [1.82, 2.24) is 10.6 Å². The summed E-state index contributed by atoms with van der Waals surface area (Å²) in [4.78, 5) is 24.1. The zero-order valence-corrected chi connectivity index (χ0v) is 14.2. The summed E-state index contributed by atoms with van der Waals surface area (Å²) in [7, 11) is 0. The van der Waals surface area contributed by atoms with Crippen LogP contribution >= 0.6 is 0 Å². The molecular formula is C17H27N3O4. The van der Waals surface area contributed by atoms with E-state index in [1.807, 2.05) is 44.2 Å². The highest BCUT2D eigenvalue weighted by molar-refractivity contribution is 5.85. The number of nitrogens with one attached hydrogen (secondary N) is 2. The summed E-state index contributed by atoms with van der Waals surface area (Å²) in [6.07, 6.45) is -0.997. The van der Waals surface area contributed by atoms with E-state index in [0.29, 0.717) is 6.42 Å². The highest BCUT2D eigenvalue weighted by atomic mass is 16.5. The Balaban J connectivity index is 2.51. The molecule has 1 rings (SSSR count). The lowest BCUT2D eigenvalue weighted by Gasteiger charge is -2.20. The molecule has 0 spiro atoms. The Bertz CT molecular complexity index is 508. The van der Waals surface area contributed by atoms with E-state index in [0.717, 1.165) is 5.56 Å². The predicted octanol–water partition coefficient (Wildman–Crippen LogP) is 0.763. The van der Waals surface area contributed by atoms with Crippen LogP contribution in [0.4, 0.5) is 4.79 Å². The molecule has 1 aromatic carbocycles. The number of amides is 2. The number of aliphatic hydroxyl groups is 1. The summed E-state index contributed by atoms with van der Waals surface area (Å²) in [6, 6.07) is 8.56. The van der Waals surface area contributed by atoms with Gasteiger partial charge in [0.25, 0.3) is 0 Å². The number of carbonyl (C=O) groups excluding carboxylic acids is 2. The highest BCUT2D eigenvalue weighted by Crippen LogP contribution is 2.06. The van der Waals surface area contributed by atoms with Crippen molar-refractivity contribution in [3.8, 4) is 0 Å². The third-order valence-corrected chi connectivity index (χ3v) is 3.31. The minimum atomic E-state index is -0.807. The van der Waals surface area contributed by atoms with Gasteiger partial charge < -0.3 is 26.2 Å². The lowest BCUT2D eigenvalue weighted by molar-refractivity contribution is -0.123. The van der Waals surface area contributed by atoms with Crippen LogP contribution in [0.1, 0.15) is 25.8 Å². The average molecular weight is 337 g/mol. The van der Waals surface area contributed by atoms with Crippen LogP contribution in [-0.4, -0.2) is 42.3 Å². The molecule has 2 unspecified atom stereocenters. The van der Waals surface area contributed by atoms with Crippen LogP contribution in [0, 0.1) is 5.92 Å². The van der Waals surface area contributed by atoms with Crippen LogP contribution in [0.2, 0.25) is 0 Å². The molecule has 0 radical (unpaired) electrons. The molecule has 134 valence electrons. The van der Waals surface area contributed by atoms with E-state index >= 15 is 0 Å². The van der Waals surface area contributed by atoms with Gasteiger partial charge in [0.2, 0.25) is 5.91 Å². The van der Waals surface area contributed by atoms with Crippen LogP contribution in [0.3, 0.4) is 0 Å². The maximum Gasteiger partial charge on any atom is 0.408 e. The number of alkyl carbamates (subject to hydrolysis) is 1. The van der Waals surface area contributed by atoms with Crippen molar-refractivity contribution in [2.45, 2.75) is 39.0 Å². The number of carbonyl (C=O) groups is 2. The molecule has 2 amide bonds. The lowest BCUT2D eigenvalue weighted by atomic mass is 10.0. The van der Waals surface area contributed by atoms with Crippen LogP contribution in [-0.2, 0) is 16.1 Å². The van der Waals surface area contributed by atoms with E-state index in [4.69, 9.17) is 10.5 Å². The van der Waals surface area contributed by atoms with Crippen LogP contribution in [0.25, 0.3) is 0 Å². The maximum absolute atomic E-state index is 12.2. The Labute approximate surface area is 142 Å². The largest absolute Gasteiger partial charge is 0.445 e. The van der Waals surface area contributed by atoms with E-state index in [1.165, 1.54) is 0 Å². The number of aliphatic hydroxyl groups excluding tert-OH is 1. The van der Waals surface area contributed by atoms with Gasteiger partial charge in [0, 0.05) is 13.1 Å². The Kier molecular flexibility index (Phi) is 8.81. The van der Waals surface area contributed by atoms with Crippen LogP contribution < -0.4 is 16.4 Å². The molecule has 0 aliphatic rings. The summed E-state index contributed by atoms with van der Waals surface area (Å²) >= 11 is 0. The van der Waals surface area contributed by atoms with Gasteiger partial charge in [-0.25, -0.2) is 4.79 Å². The predicted molar refractivity (Wildman–Crippen MR) is 91.1 cm³/mol. The summed E-state index contributed by atoms with van der Waals surface area (Å²) < 4.78 is 5.14. The number of nitrogens with two attached hydrogens (primary N) is 1. The topological polar surface area (TPSA) is 114 Å². The van der Waals surface area contributed by atoms with Gasteiger partial charge in [0.15, 0.2) is 0 Å². The normalized spacial score (nSPS) is 13.2. The Hall–Kier alpha value is -2.12. The molecule has 24 heavy (non-hydrogen) atoms. The second-order valence-corrected chi connectivity index (χ2v) is 6.02. The van der Waals surface area contributed by atoms with Crippen LogP contribution in [0.5, 0.6) is 0 Å². The summed E-state index contributed by atoms with van der Waals surface area (Å²) in [5, 5.41) is 14.6. The number of hydrogen-bond acceptors (Lipinski definition) is 5. The molecule has 0 aliphatic carbocycles. The SMILES string of the molecule is CC(C)CC(NC(=O)OCc1ccccc1)C(=O)NCC(O)CN. The molecule has 7 heteroatoms. The standard InChI is InChI=1S/C17H27N3O4/c1-12(2)8-15(16(22)19-10-14(21)9-18)20-17(23)24-11-13-6-4-3-5-7-13/h3-7,12,14-15,21H,8-11,18H2,1-2H3,(H,19,22)(H,20,23). The van der Waals surface area contributed by atoms with Gasteiger partial charge in [0.05, 0.1) is 6.10 Å². The van der Waals surface area contributed by atoms with Gasteiger partial charge in [-0.3, -0.25) is 4.79 Å². The summed E-state index contributed by atoms with van der Waals surface area (Å²) in [5.41, 5.74) is 6.16. The Morgan fingerprint density at radius 3 is 2.50 bits per heavy atom. The van der Waals surface area contributed by atoms with Crippen molar-refractivity contribution in [2.24, 2.45) is 11.7 Å². The first-order valence-corrected chi connectivity index (χ1v) is 8.05. The van der Waals surface area contributed by atoms with Crippen LogP contribution in [0.15, 0.2) is 30.3 Å². The number of hydrogen-bond donors (Lipinski definition) is 4. The molecule has 0 saturated heterocycles. The van der Waals surface area contributed by atoms with Crippen molar-refractivity contribution in [1.29, 1.82) is 0 Å². The molecule has 1 aromatic rings. The molecule has 5 N–H and O–H groups in total. The quantitative estimate of drug-likeness (QED) is 0.531. The van der Waals surface area contributed by atoms with E-state index in [1.54, 1.807) is 0 Å². The zero-order valence-electron chi connectivity index (χ0n) is 14.2. The fourth-order valence-corrected chi connectivity index (χ4v) is 2.03. The molecular weight excluding hydrogens is 310 g/mol. The highest BCUT2D eigenvalue weighted by Gasteiger charge is 2.22.